The van der Waals surface area contributed by atoms with E-state index in [1.54, 1.807) is 0 Å². The van der Waals surface area contributed by atoms with Gasteiger partial charge in [-0.3, -0.25) is 4.79 Å². The summed E-state index contributed by atoms with van der Waals surface area (Å²) in [5, 5.41) is 9.02. The first kappa shape index (κ1) is 12.8. The number of carbonyl (C=O) groups is 1. The third-order valence-corrected chi connectivity index (χ3v) is 4.03. The molecular weight excluding hydrogens is 214 g/mol. The number of rotatable bonds is 1. The number of hydrogen-bond acceptors (Lipinski definition) is 2. The molecule has 0 heterocycles. The van der Waals surface area contributed by atoms with Crippen molar-refractivity contribution in [2.45, 2.75) is 44.6 Å². The van der Waals surface area contributed by atoms with Crippen molar-refractivity contribution in [1.82, 2.24) is 0 Å². The van der Waals surface area contributed by atoms with Gasteiger partial charge in [-0.1, -0.05) is 25.7 Å². The topological polar surface area (TPSA) is 63.3 Å². The predicted octanol–water partition coefficient (Wildman–Crippen LogP) is 2.04. The van der Waals surface area contributed by atoms with Gasteiger partial charge in [0.25, 0.3) is 0 Å². The van der Waals surface area contributed by atoms with E-state index in [1.807, 2.05) is 0 Å². The molecule has 3 nitrogen and oxygen atoms in total. The molecule has 88 valence electrons. The van der Waals surface area contributed by atoms with E-state index < -0.39 is 5.97 Å². The lowest BCUT2D eigenvalue weighted by Gasteiger charge is -2.49. The van der Waals surface area contributed by atoms with Crippen molar-refractivity contribution in [3.8, 4) is 0 Å². The third kappa shape index (κ3) is 2.28. The zero-order chi connectivity index (χ0) is 10.1. The smallest absolute Gasteiger partial charge is 0.308 e. The maximum atomic E-state index is 11.0. The van der Waals surface area contributed by atoms with Crippen LogP contribution < -0.4 is 5.73 Å². The van der Waals surface area contributed by atoms with E-state index in [4.69, 9.17) is 10.8 Å². The minimum Gasteiger partial charge on any atom is -0.481 e. The van der Waals surface area contributed by atoms with Gasteiger partial charge in [0, 0.05) is 6.04 Å². The maximum Gasteiger partial charge on any atom is 0.308 e. The van der Waals surface area contributed by atoms with Gasteiger partial charge in [0.2, 0.25) is 0 Å². The van der Waals surface area contributed by atoms with Gasteiger partial charge in [-0.15, -0.1) is 12.4 Å². The Hall–Kier alpha value is -0.280. The molecule has 0 amide bonds. The van der Waals surface area contributed by atoms with E-state index in [0.29, 0.717) is 11.8 Å². The van der Waals surface area contributed by atoms with E-state index in [1.165, 1.54) is 25.7 Å². The monoisotopic (exact) mass is 233 g/mol. The minimum absolute atomic E-state index is 0. The molecule has 0 aromatic rings. The second kappa shape index (κ2) is 5.17. The van der Waals surface area contributed by atoms with E-state index in [9.17, 15) is 4.79 Å². The highest BCUT2D eigenvalue weighted by Gasteiger charge is 2.51. The molecule has 2 aliphatic carbocycles. The van der Waals surface area contributed by atoms with Crippen LogP contribution in [0.2, 0.25) is 0 Å². The zero-order valence-corrected chi connectivity index (χ0v) is 9.71. The number of hydrogen-bond donors (Lipinski definition) is 2. The first-order valence-electron chi connectivity index (χ1n) is 5.70. The predicted molar refractivity (Wildman–Crippen MR) is 61.0 cm³/mol. The van der Waals surface area contributed by atoms with Gasteiger partial charge in [-0.2, -0.15) is 0 Å². The van der Waals surface area contributed by atoms with Crippen molar-refractivity contribution >= 4 is 18.4 Å². The molecule has 0 aromatic carbocycles. The lowest BCUT2D eigenvalue weighted by atomic mass is 9.57. The summed E-state index contributed by atoms with van der Waals surface area (Å²) in [7, 11) is 0. The summed E-state index contributed by atoms with van der Waals surface area (Å²) in [4.78, 5) is 11.0. The fourth-order valence-corrected chi connectivity index (χ4v) is 3.22. The molecule has 0 spiro atoms. The van der Waals surface area contributed by atoms with Crippen molar-refractivity contribution in [3.63, 3.8) is 0 Å². The average Bonchev–Trinajstić information content (AvgIpc) is 2.08. The quantitative estimate of drug-likeness (QED) is 0.729. The number of aliphatic carboxylic acids is 1. The molecule has 0 saturated heterocycles. The summed E-state index contributed by atoms with van der Waals surface area (Å²) in [5.41, 5.74) is 5.92. The van der Waals surface area contributed by atoms with Gasteiger partial charge in [0.1, 0.15) is 0 Å². The van der Waals surface area contributed by atoms with Crippen LogP contribution in [-0.2, 0) is 4.79 Å². The van der Waals surface area contributed by atoms with Crippen molar-refractivity contribution in [1.29, 1.82) is 0 Å². The lowest BCUT2D eigenvalue weighted by molar-refractivity contribution is -0.154. The largest absolute Gasteiger partial charge is 0.481 e. The van der Waals surface area contributed by atoms with Crippen LogP contribution >= 0.6 is 12.4 Å². The molecule has 0 radical (unpaired) electrons. The number of carboxylic acid groups (broad SMARTS) is 1. The second-order valence-electron chi connectivity index (χ2n) is 4.76. The van der Waals surface area contributed by atoms with Crippen molar-refractivity contribution in [2.75, 3.05) is 0 Å². The standard InChI is InChI=1S/C11H19NO2.ClH/c12-10-8-6-4-2-1-3-5-7(8)9(10)11(13)14;/h7-10H,1-6,12H2,(H,13,14);1H/t7-,8+,9-,10-;/m0./s1. The molecule has 15 heavy (non-hydrogen) atoms. The van der Waals surface area contributed by atoms with Gasteiger partial charge < -0.3 is 10.8 Å². The summed E-state index contributed by atoms with van der Waals surface area (Å²) >= 11 is 0. The SMILES string of the molecule is Cl.N[C@H]1[C@@H]2CCCCCC[C@@H]2[C@@H]1C(=O)O. The first-order chi connectivity index (χ1) is 6.72. The number of nitrogens with two attached hydrogens (primary N) is 1. The highest BCUT2D eigenvalue weighted by Crippen LogP contribution is 2.46. The Morgan fingerprint density at radius 1 is 1.07 bits per heavy atom. The van der Waals surface area contributed by atoms with Crippen molar-refractivity contribution < 1.29 is 9.90 Å². The van der Waals surface area contributed by atoms with Crippen molar-refractivity contribution in [3.05, 3.63) is 0 Å². The maximum absolute atomic E-state index is 11.0. The van der Waals surface area contributed by atoms with Gasteiger partial charge in [0.05, 0.1) is 5.92 Å². The summed E-state index contributed by atoms with van der Waals surface area (Å²) in [6, 6.07) is -0.0735. The molecule has 3 N–H and O–H groups in total. The highest BCUT2D eigenvalue weighted by molar-refractivity contribution is 5.85. The Morgan fingerprint density at radius 3 is 2.13 bits per heavy atom. The Bertz CT molecular complexity index is 235. The average molecular weight is 234 g/mol. The summed E-state index contributed by atoms with van der Waals surface area (Å²) in [6.45, 7) is 0. The fourth-order valence-electron chi connectivity index (χ4n) is 3.22. The molecule has 2 aliphatic rings. The van der Waals surface area contributed by atoms with E-state index in [-0.39, 0.29) is 24.4 Å². The fraction of sp³-hybridized carbons (Fsp3) is 0.909. The molecule has 2 saturated carbocycles. The lowest BCUT2D eigenvalue weighted by Crippen LogP contribution is -2.59. The molecule has 2 fully saturated rings. The van der Waals surface area contributed by atoms with Crippen LogP contribution in [0.3, 0.4) is 0 Å². The first-order valence-corrected chi connectivity index (χ1v) is 5.70. The molecule has 0 unspecified atom stereocenters. The molecular formula is C11H20ClNO2. The Morgan fingerprint density at radius 2 is 1.60 bits per heavy atom. The second-order valence-corrected chi connectivity index (χ2v) is 4.76. The molecule has 2 rings (SSSR count). The Kier molecular flexibility index (Phi) is 4.41. The number of halogens is 1. The van der Waals surface area contributed by atoms with Crippen LogP contribution in [0.4, 0.5) is 0 Å². The summed E-state index contributed by atoms with van der Waals surface area (Å²) < 4.78 is 0. The molecule has 4 atom stereocenters. The molecule has 0 aliphatic heterocycles. The van der Waals surface area contributed by atoms with Gasteiger partial charge in [-0.25, -0.2) is 0 Å². The highest BCUT2D eigenvalue weighted by atomic mass is 35.5. The van der Waals surface area contributed by atoms with E-state index >= 15 is 0 Å². The van der Waals surface area contributed by atoms with Crippen LogP contribution in [0.25, 0.3) is 0 Å². The molecule has 0 aromatic heterocycles. The molecule has 4 heteroatoms. The Balaban J connectivity index is 0.00000112. The van der Waals surface area contributed by atoms with Gasteiger partial charge in [0.15, 0.2) is 0 Å². The van der Waals surface area contributed by atoms with E-state index in [0.717, 1.165) is 12.8 Å². The normalized spacial score (nSPS) is 40.1. The number of fused-ring (bicyclic) bond motifs is 1. The summed E-state index contributed by atoms with van der Waals surface area (Å²) in [5.74, 6) is -0.0587. The van der Waals surface area contributed by atoms with Gasteiger partial charge in [-0.05, 0) is 24.7 Å². The third-order valence-electron chi connectivity index (χ3n) is 4.03. The van der Waals surface area contributed by atoms with E-state index in [2.05, 4.69) is 0 Å². The number of carboxylic acids is 1. The molecule has 0 bridgehead atoms. The van der Waals surface area contributed by atoms with Crippen LogP contribution in [0.15, 0.2) is 0 Å². The van der Waals surface area contributed by atoms with Gasteiger partial charge >= 0.3 is 5.97 Å². The Labute approximate surface area is 96.8 Å². The van der Waals surface area contributed by atoms with Crippen LogP contribution in [0, 0.1) is 17.8 Å². The van der Waals surface area contributed by atoms with Crippen LogP contribution in [0.1, 0.15) is 38.5 Å². The summed E-state index contributed by atoms with van der Waals surface area (Å²) in [6.07, 6.45) is 7.22. The van der Waals surface area contributed by atoms with Crippen LogP contribution in [-0.4, -0.2) is 17.1 Å². The van der Waals surface area contributed by atoms with Crippen molar-refractivity contribution in [2.24, 2.45) is 23.5 Å². The zero-order valence-electron chi connectivity index (χ0n) is 8.89. The van der Waals surface area contributed by atoms with Crippen LogP contribution in [0.5, 0.6) is 0 Å². The minimum atomic E-state index is -0.681.